The zero-order valence-electron chi connectivity index (χ0n) is 16.8. The molecule has 0 aliphatic carbocycles. The summed E-state index contributed by atoms with van der Waals surface area (Å²) in [4.78, 5) is 26.7. The highest BCUT2D eigenvalue weighted by Gasteiger charge is 2.29. The minimum absolute atomic E-state index is 0.0523. The summed E-state index contributed by atoms with van der Waals surface area (Å²) < 4.78 is 25.7. The SMILES string of the molecule is CNC(=O)[C@@H](C)N(Cc1ccc(Cl)c(Cl)c1)C(=O)CN(c1ccccc1)S(C)(=O)=O. The number of carbonyl (C=O) groups is 2. The maximum Gasteiger partial charge on any atom is 0.244 e. The molecule has 2 aromatic carbocycles. The zero-order chi connectivity index (χ0) is 22.5. The second kappa shape index (κ2) is 10.1. The van der Waals surface area contributed by atoms with Crippen molar-refractivity contribution in [2.24, 2.45) is 0 Å². The van der Waals surface area contributed by atoms with E-state index in [2.05, 4.69) is 5.32 Å². The van der Waals surface area contributed by atoms with Crippen molar-refractivity contribution < 1.29 is 18.0 Å². The van der Waals surface area contributed by atoms with Crippen LogP contribution in [-0.2, 0) is 26.2 Å². The van der Waals surface area contributed by atoms with Crippen molar-refractivity contribution in [2.75, 3.05) is 24.2 Å². The number of nitrogens with zero attached hydrogens (tertiary/aromatic N) is 2. The number of likely N-dealkylation sites (N-methyl/N-ethyl adjacent to an activating group) is 1. The van der Waals surface area contributed by atoms with E-state index in [1.807, 2.05) is 0 Å². The highest BCUT2D eigenvalue weighted by molar-refractivity contribution is 7.92. The van der Waals surface area contributed by atoms with Gasteiger partial charge in [-0.25, -0.2) is 8.42 Å². The molecule has 0 saturated heterocycles. The van der Waals surface area contributed by atoms with E-state index in [1.54, 1.807) is 55.5 Å². The summed E-state index contributed by atoms with van der Waals surface area (Å²) in [6.45, 7) is 1.17. The molecule has 0 aromatic heterocycles. The summed E-state index contributed by atoms with van der Waals surface area (Å²) >= 11 is 12.0. The molecule has 0 spiro atoms. The molecule has 10 heteroatoms. The fourth-order valence-corrected chi connectivity index (χ4v) is 4.00. The van der Waals surface area contributed by atoms with Crippen LogP contribution in [0.1, 0.15) is 12.5 Å². The van der Waals surface area contributed by atoms with Gasteiger partial charge in [0.05, 0.1) is 22.0 Å². The van der Waals surface area contributed by atoms with Crippen molar-refractivity contribution in [3.63, 3.8) is 0 Å². The number of amides is 2. The summed E-state index contributed by atoms with van der Waals surface area (Å²) in [7, 11) is -2.27. The average Bonchev–Trinajstić information content (AvgIpc) is 2.71. The van der Waals surface area contributed by atoms with Crippen molar-refractivity contribution >= 4 is 50.7 Å². The smallest absolute Gasteiger partial charge is 0.244 e. The molecule has 0 aliphatic rings. The van der Waals surface area contributed by atoms with E-state index in [4.69, 9.17) is 23.2 Å². The van der Waals surface area contributed by atoms with Crippen molar-refractivity contribution in [3.8, 4) is 0 Å². The minimum Gasteiger partial charge on any atom is -0.357 e. The summed E-state index contributed by atoms with van der Waals surface area (Å²) in [5, 5.41) is 3.19. The molecule has 162 valence electrons. The van der Waals surface area contributed by atoms with Crippen molar-refractivity contribution in [3.05, 3.63) is 64.1 Å². The quantitative estimate of drug-likeness (QED) is 0.640. The first kappa shape index (κ1) is 24.0. The van der Waals surface area contributed by atoms with Gasteiger partial charge >= 0.3 is 0 Å². The van der Waals surface area contributed by atoms with E-state index >= 15 is 0 Å². The Morgan fingerprint density at radius 3 is 2.23 bits per heavy atom. The van der Waals surface area contributed by atoms with Crippen LogP contribution in [-0.4, -0.2) is 51.0 Å². The molecule has 2 rings (SSSR count). The second-order valence-corrected chi connectivity index (χ2v) is 9.39. The molecule has 0 bridgehead atoms. The summed E-state index contributed by atoms with van der Waals surface area (Å²) in [6.07, 6.45) is 1.03. The lowest BCUT2D eigenvalue weighted by Crippen LogP contribution is -2.50. The summed E-state index contributed by atoms with van der Waals surface area (Å²) in [5.41, 5.74) is 1.01. The van der Waals surface area contributed by atoms with E-state index in [-0.39, 0.29) is 12.5 Å². The fraction of sp³-hybridized carbons (Fsp3) is 0.300. The molecule has 0 radical (unpaired) electrons. The van der Waals surface area contributed by atoms with Gasteiger partial charge in [0.25, 0.3) is 0 Å². The predicted molar refractivity (Wildman–Crippen MR) is 119 cm³/mol. The Hall–Kier alpha value is -2.29. The number of hydrogen-bond acceptors (Lipinski definition) is 4. The molecule has 2 amide bonds. The van der Waals surface area contributed by atoms with Gasteiger partial charge in [0.15, 0.2) is 0 Å². The highest BCUT2D eigenvalue weighted by atomic mass is 35.5. The van der Waals surface area contributed by atoms with Crippen molar-refractivity contribution in [1.29, 1.82) is 0 Å². The minimum atomic E-state index is -3.74. The van der Waals surface area contributed by atoms with Gasteiger partial charge in [-0.15, -0.1) is 0 Å². The highest BCUT2D eigenvalue weighted by Crippen LogP contribution is 2.24. The van der Waals surface area contributed by atoms with Crippen LogP contribution in [0.3, 0.4) is 0 Å². The largest absolute Gasteiger partial charge is 0.357 e. The topological polar surface area (TPSA) is 86.8 Å². The van der Waals surface area contributed by atoms with Gasteiger partial charge in [0, 0.05) is 13.6 Å². The molecule has 0 fully saturated rings. The first-order valence-corrected chi connectivity index (χ1v) is 11.6. The third-order valence-electron chi connectivity index (χ3n) is 4.47. The number of sulfonamides is 1. The Morgan fingerprint density at radius 2 is 1.70 bits per heavy atom. The second-order valence-electron chi connectivity index (χ2n) is 6.67. The number of hydrogen-bond donors (Lipinski definition) is 1. The third kappa shape index (κ3) is 6.10. The number of benzene rings is 2. The van der Waals surface area contributed by atoms with Crippen LogP contribution < -0.4 is 9.62 Å². The Morgan fingerprint density at radius 1 is 1.07 bits per heavy atom. The van der Waals surface area contributed by atoms with Gasteiger partial charge in [-0.2, -0.15) is 0 Å². The van der Waals surface area contributed by atoms with Crippen LogP contribution in [0.15, 0.2) is 48.5 Å². The maximum atomic E-state index is 13.2. The molecular formula is C20H23Cl2N3O4S. The Bertz CT molecular complexity index is 1020. The standard InChI is InChI=1S/C20H23Cl2N3O4S/c1-14(20(27)23-2)24(12-15-9-10-17(21)18(22)11-15)19(26)13-25(30(3,28)29)16-7-5-4-6-8-16/h4-11,14H,12-13H2,1-3H3,(H,23,27)/t14-/m1/s1. The first-order valence-electron chi connectivity index (χ1n) is 9.02. The monoisotopic (exact) mass is 471 g/mol. The first-order chi connectivity index (χ1) is 14.0. The number of carbonyl (C=O) groups excluding carboxylic acids is 2. The third-order valence-corrected chi connectivity index (χ3v) is 6.35. The number of anilines is 1. The predicted octanol–water partition coefficient (Wildman–Crippen LogP) is 2.92. The van der Waals surface area contributed by atoms with E-state index in [0.717, 1.165) is 10.6 Å². The lowest BCUT2D eigenvalue weighted by molar-refractivity contribution is -0.139. The van der Waals surface area contributed by atoms with Gasteiger partial charge < -0.3 is 10.2 Å². The molecule has 0 saturated carbocycles. The van der Waals surface area contributed by atoms with Gasteiger partial charge in [-0.1, -0.05) is 47.5 Å². The Balaban J connectivity index is 2.37. The van der Waals surface area contributed by atoms with E-state index in [1.165, 1.54) is 11.9 Å². The van der Waals surface area contributed by atoms with Crippen molar-refractivity contribution in [2.45, 2.75) is 19.5 Å². The fourth-order valence-electron chi connectivity index (χ4n) is 2.83. The molecule has 2 aromatic rings. The number of halogens is 2. The van der Waals surface area contributed by atoms with Crippen LogP contribution in [0.4, 0.5) is 5.69 Å². The number of rotatable bonds is 8. The average molecular weight is 472 g/mol. The van der Waals surface area contributed by atoms with E-state index in [0.29, 0.717) is 21.3 Å². The summed E-state index contributed by atoms with van der Waals surface area (Å²) in [6, 6.07) is 12.4. The van der Waals surface area contributed by atoms with Crippen LogP contribution in [0.2, 0.25) is 10.0 Å². The molecule has 0 heterocycles. The summed E-state index contributed by atoms with van der Waals surface area (Å²) in [5.74, 6) is -0.916. The van der Waals surface area contributed by atoms with Gasteiger partial charge in [0.1, 0.15) is 12.6 Å². The van der Waals surface area contributed by atoms with Gasteiger partial charge in [-0.3, -0.25) is 13.9 Å². The normalized spacial score (nSPS) is 12.2. The Labute approximate surface area is 186 Å². The number of para-hydroxylation sites is 1. The van der Waals surface area contributed by atoms with E-state index < -0.39 is 28.5 Å². The zero-order valence-corrected chi connectivity index (χ0v) is 19.1. The van der Waals surface area contributed by atoms with Crippen LogP contribution in [0.5, 0.6) is 0 Å². The lowest BCUT2D eigenvalue weighted by Gasteiger charge is -2.31. The molecule has 1 N–H and O–H groups in total. The number of nitrogens with one attached hydrogen (secondary N) is 1. The molecule has 1 atom stereocenters. The van der Waals surface area contributed by atoms with Crippen molar-refractivity contribution in [1.82, 2.24) is 10.2 Å². The Kier molecular flexibility index (Phi) is 8.11. The maximum absolute atomic E-state index is 13.2. The van der Waals surface area contributed by atoms with Gasteiger partial charge in [0.2, 0.25) is 21.8 Å². The van der Waals surface area contributed by atoms with Crippen LogP contribution in [0.25, 0.3) is 0 Å². The lowest BCUT2D eigenvalue weighted by atomic mass is 10.1. The van der Waals surface area contributed by atoms with Crippen LogP contribution in [0, 0.1) is 0 Å². The molecule has 7 nitrogen and oxygen atoms in total. The van der Waals surface area contributed by atoms with Crippen LogP contribution >= 0.6 is 23.2 Å². The van der Waals surface area contributed by atoms with Gasteiger partial charge in [-0.05, 0) is 36.8 Å². The molecule has 30 heavy (non-hydrogen) atoms. The molecular weight excluding hydrogens is 449 g/mol. The molecule has 0 aliphatic heterocycles. The van der Waals surface area contributed by atoms with E-state index in [9.17, 15) is 18.0 Å². The molecule has 0 unspecified atom stereocenters.